The van der Waals surface area contributed by atoms with E-state index in [1.54, 1.807) is 24.3 Å². The predicted molar refractivity (Wildman–Crippen MR) is 97.3 cm³/mol. The minimum atomic E-state index is -1.19. The molecule has 0 aliphatic carbocycles. The van der Waals surface area contributed by atoms with E-state index in [1.807, 2.05) is 0 Å². The number of rotatable bonds is 4. The van der Waals surface area contributed by atoms with Crippen LogP contribution in [0.4, 0.5) is 10.1 Å². The number of amides is 1. The molecule has 2 aromatic carbocycles. The summed E-state index contributed by atoms with van der Waals surface area (Å²) in [5.74, 6) is -2.09. The molecule has 0 aliphatic rings. The summed E-state index contributed by atoms with van der Waals surface area (Å²) in [7, 11) is 0. The molecule has 0 spiro atoms. The highest BCUT2D eigenvalue weighted by molar-refractivity contribution is 6.33. The fraction of sp³-hybridized carbons (Fsp3) is 0.111. The van der Waals surface area contributed by atoms with Crippen molar-refractivity contribution in [1.82, 2.24) is 10.2 Å². The number of esters is 1. The number of hydrogen-bond acceptors (Lipinski definition) is 5. The van der Waals surface area contributed by atoms with E-state index < -0.39 is 29.4 Å². The Balaban J connectivity index is 1.77. The highest BCUT2D eigenvalue weighted by Gasteiger charge is 2.22. The second-order valence-electron chi connectivity index (χ2n) is 5.61. The Bertz CT molecular complexity index is 1100. The molecule has 1 amide bonds. The van der Waals surface area contributed by atoms with Gasteiger partial charge in [-0.3, -0.25) is 9.59 Å². The minimum absolute atomic E-state index is 0.00942. The van der Waals surface area contributed by atoms with E-state index in [0.717, 1.165) is 12.1 Å². The zero-order valence-corrected chi connectivity index (χ0v) is 14.7. The van der Waals surface area contributed by atoms with E-state index in [-0.39, 0.29) is 21.8 Å². The van der Waals surface area contributed by atoms with Gasteiger partial charge in [-0.15, -0.1) is 0 Å². The molecule has 7 nitrogen and oxygen atoms in total. The number of aromatic nitrogens is 2. The molecule has 1 aromatic heterocycles. The summed E-state index contributed by atoms with van der Waals surface area (Å²) in [6.07, 6.45) is -1.19. The Morgan fingerprint density at radius 2 is 1.93 bits per heavy atom. The Kier molecular flexibility index (Phi) is 5.18. The van der Waals surface area contributed by atoms with Crippen molar-refractivity contribution in [2.75, 3.05) is 5.32 Å². The lowest BCUT2D eigenvalue weighted by atomic mass is 10.1. The summed E-state index contributed by atoms with van der Waals surface area (Å²) in [6.45, 7) is 1.36. The molecule has 138 valence electrons. The van der Waals surface area contributed by atoms with Gasteiger partial charge in [-0.25, -0.2) is 14.3 Å². The number of aromatic amines is 1. The number of H-pyrrole nitrogens is 1. The maximum Gasteiger partial charge on any atom is 0.360 e. The van der Waals surface area contributed by atoms with Gasteiger partial charge in [0.05, 0.1) is 16.1 Å². The molecule has 1 heterocycles. The average Bonchev–Trinajstić information content (AvgIpc) is 2.64. The Labute approximate surface area is 157 Å². The smallest absolute Gasteiger partial charge is 0.360 e. The zero-order valence-electron chi connectivity index (χ0n) is 14.0. The summed E-state index contributed by atoms with van der Waals surface area (Å²) in [6, 6.07) is 9.86. The summed E-state index contributed by atoms with van der Waals surface area (Å²) < 4.78 is 18.2. The predicted octanol–water partition coefficient (Wildman–Crippen LogP) is 2.90. The second-order valence-corrected chi connectivity index (χ2v) is 6.02. The van der Waals surface area contributed by atoms with E-state index in [4.69, 9.17) is 16.3 Å². The van der Waals surface area contributed by atoms with Gasteiger partial charge in [-0.2, -0.15) is 5.10 Å². The molecule has 0 radical (unpaired) electrons. The van der Waals surface area contributed by atoms with Gasteiger partial charge in [0.25, 0.3) is 11.5 Å². The molecule has 0 saturated heterocycles. The maximum absolute atomic E-state index is 13.1. The first-order valence-corrected chi connectivity index (χ1v) is 8.19. The standard InChI is InChI=1S/C18H13ClFN3O4/c1-9(16(24)21-14-7-6-10(20)8-13(14)19)27-18(26)15-11-4-2-3-5-12(11)17(25)23-22-15/h2-9H,1H3,(H,21,24)(H,23,25)/t9-/m1/s1. The lowest BCUT2D eigenvalue weighted by Gasteiger charge is -2.14. The van der Waals surface area contributed by atoms with Gasteiger partial charge in [-0.05, 0) is 31.2 Å². The van der Waals surface area contributed by atoms with Crippen molar-refractivity contribution in [3.63, 3.8) is 0 Å². The van der Waals surface area contributed by atoms with Crippen molar-refractivity contribution in [3.8, 4) is 0 Å². The second kappa shape index (κ2) is 7.55. The largest absolute Gasteiger partial charge is 0.448 e. The van der Waals surface area contributed by atoms with E-state index in [2.05, 4.69) is 15.5 Å². The van der Waals surface area contributed by atoms with Crippen LogP contribution in [0.5, 0.6) is 0 Å². The van der Waals surface area contributed by atoms with Crippen LogP contribution in [0.2, 0.25) is 5.02 Å². The molecule has 1 atom stereocenters. The summed E-state index contributed by atoms with van der Waals surface area (Å²) in [5.41, 5.74) is -0.387. The van der Waals surface area contributed by atoms with Gasteiger partial charge in [0.2, 0.25) is 0 Å². The molecule has 3 rings (SSSR count). The third-order valence-electron chi connectivity index (χ3n) is 3.73. The number of fused-ring (bicyclic) bond motifs is 1. The molecule has 0 bridgehead atoms. The monoisotopic (exact) mass is 389 g/mol. The Morgan fingerprint density at radius 1 is 1.22 bits per heavy atom. The normalized spacial score (nSPS) is 11.8. The van der Waals surface area contributed by atoms with Crippen LogP contribution in [0.1, 0.15) is 17.4 Å². The van der Waals surface area contributed by atoms with Crippen LogP contribution in [0.3, 0.4) is 0 Å². The summed E-state index contributed by atoms with van der Waals surface area (Å²) in [5, 5.41) is 8.97. The molecule has 0 saturated carbocycles. The molecule has 2 N–H and O–H groups in total. The number of carbonyl (C=O) groups is 2. The van der Waals surface area contributed by atoms with E-state index in [0.29, 0.717) is 5.39 Å². The van der Waals surface area contributed by atoms with Crippen LogP contribution in [-0.4, -0.2) is 28.2 Å². The fourth-order valence-corrected chi connectivity index (χ4v) is 2.58. The average molecular weight is 390 g/mol. The highest BCUT2D eigenvalue weighted by Crippen LogP contribution is 2.23. The maximum atomic E-state index is 13.1. The first kappa shape index (κ1) is 18.5. The Hall–Kier alpha value is -3.26. The summed E-state index contributed by atoms with van der Waals surface area (Å²) in [4.78, 5) is 36.4. The van der Waals surface area contributed by atoms with Crippen LogP contribution in [0.25, 0.3) is 10.8 Å². The number of halogens is 2. The fourth-order valence-electron chi connectivity index (χ4n) is 2.37. The van der Waals surface area contributed by atoms with Gasteiger partial charge < -0.3 is 10.1 Å². The quantitative estimate of drug-likeness (QED) is 0.668. The van der Waals surface area contributed by atoms with Crippen LogP contribution in [0.15, 0.2) is 47.3 Å². The topological polar surface area (TPSA) is 101 Å². The molecular weight excluding hydrogens is 377 g/mol. The molecule has 3 aromatic rings. The van der Waals surface area contributed by atoms with Crippen molar-refractivity contribution in [2.24, 2.45) is 0 Å². The molecule has 27 heavy (non-hydrogen) atoms. The van der Waals surface area contributed by atoms with Crippen molar-refractivity contribution in [2.45, 2.75) is 13.0 Å². The third-order valence-corrected chi connectivity index (χ3v) is 4.04. The molecular formula is C18H13ClFN3O4. The van der Waals surface area contributed by atoms with Gasteiger partial charge in [-0.1, -0.05) is 29.8 Å². The number of nitrogens with one attached hydrogen (secondary N) is 2. The van der Waals surface area contributed by atoms with Crippen LogP contribution in [-0.2, 0) is 9.53 Å². The van der Waals surface area contributed by atoms with Crippen molar-refractivity contribution in [1.29, 1.82) is 0 Å². The first-order chi connectivity index (χ1) is 12.9. The van der Waals surface area contributed by atoms with Crippen molar-refractivity contribution in [3.05, 3.63) is 69.4 Å². The van der Waals surface area contributed by atoms with Gasteiger partial charge in [0, 0.05) is 5.39 Å². The number of benzene rings is 2. The zero-order chi connectivity index (χ0) is 19.6. The van der Waals surface area contributed by atoms with Gasteiger partial charge in [0.15, 0.2) is 11.8 Å². The van der Waals surface area contributed by atoms with Gasteiger partial charge >= 0.3 is 5.97 Å². The number of anilines is 1. The highest BCUT2D eigenvalue weighted by atomic mass is 35.5. The number of ether oxygens (including phenoxy) is 1. The van der Waals surface area contributed by atoms with Crippen LogP contribution < -0.4 is 10.9 Å². The van der Waals surface area contributed by atoms with E-state index in [9.17, 15) is 18.8 Å². The first-order valence-electron chi connectivity index (χ1n) is 7.81. The SMILES string of the molecule is C[C@@H](OC(=O)c1n[nH]c(=O)c2ccccc12)C(=O)Nc1ccc(F)cc1Cl. The van der Waals surface area contributed by atoms with Crippen molar-refractivity contribution < 1.29 is 18.7 Å². The minimum Gasteiger partial charge on any atom is -0.448 e. The molecule has 9 heteroatoms. The van der Waals surface area contributed by atoms with Crippen molar-refractivity contribution >= 4 is 39.9 Å². The molecule has 0 aliphatic heterocycles. The molecule has 0 fully saturated rings. The third kappa shape index (κ3) is 3.95. The van der Waals surface area contributed by atoms with Crippen LogP contribution >= 0.6 is 11.6 Å². The van der Waals surface area contributed by atoms with Gasteiger partial charge in [0.1, 0.15) is 5.82 Å². The number of nitrogens with zero attached hydrogens (tertiary/aromatic N) is 1. The molecule has 0 unspecified atom stereocenters. The lowest BCUT2D eigenvalue weighted by molar-refractivity contribution is -0.123. The summed E-state index contributed by atoms with van der Waals surface area (Å²) >= 11 is 5.85. The number of carbonyl (C=O) groups excluding carboxylic acids is 2. The van der Waals surface area contributed by atoms with E-state index >= 15 is 0 Å². The number of hydrogen-bond donors (Lipinski definition) is 2. The Morgan fingerprint density at radius 3 is 2.63 bits per heavy atom. The van der Waals surface area contributed by atoms with Crippen LogP contribution in [0, 0.1) is 5.82 Å². The lowest BCUT2D eigenvalue weighted by Crippen LogP contribution is -2.30. The van der Waals surface area contributed by atoms with E-state index in [1.165, 1.54) is 13.0 Å².